The fourth-order valence-corrected chi connectivity index (χ4v) is 5.89. The number of hydrogen-bond acceptors (Lipinski definition) is 9. The molecule has 4 rings (SSSR count). The molecular weight excluding hydrogens is 714 g/mol. The van der Waals surface area contributed by atoms with Crippen LogP contribution in [-0.2, 0) is 22.5 Å². The summed E-state index contributed by atoms with van der Waals surface area (Å²) < 4.78 is 53.5. The van der Waals surface area contributed by atoms with Gasteiger partial charge < -0.3 is 10.1 Å². The lowest BCUT2D eigenvalue weighted by molar-refractivity contribution is -0.116. The summed E-state index contributed by atoms with van der Waals surface area (Å²) in [4.78, 5) is 17.3. The van der Waals surface area contributed by atoms with Crippen LogP contribution in [0.25, 0.3) is 0 Å². The lowest BCUT2D eigenvalue weighted by atomic mass is 10.2. The number of tetrazole rings is 1. The van der Waals surface area contributed by atoms with Gasteiger partial charge in [-0.25, -0.2) is 9.07 Å². The maximum Gasteiger partial charge on any atom is 0.253 e. The molecule has 9 nitrogen and oxygen atoms in total. The quantitative estimate of drug-likeness (QED) is 0.102. The largest absolute Gasteiger partial charge is 0.479 e. The molecule has 226 valence electrons. The molecule has 0 aliphatic carbocycles. The maximum atomic E-state index is 15.8. The molecule has 0 spiro atoms. The Morgan fingerprint density at radius 2 is 1.86 bits per heavy atom. The van der Waals surface area contributed by atoms with Gasteiger partial charge in [0.1, 0.15) is 5.69 Å². The van der Waals surface area contributed by atoms with Crippen LogP contribution in [0.2, 0.25) is 0 Å². The molecule has 1 amide bonds. The number of nitrogens with zero attached hydrogens (tertiary/aromatic N) is 6. The third-order valence-corrected chi connectivity index (χ3v) is 8.31. The highest BCUT2D eigenvalue weighted by Gasteiger charge is 2.29. The molecule has 0 bridgehead atoms. The predicted molar refractivity (Wildman–Crippen MR) is 172 cm³/mol. The second kappa shape index (κ2) is 15.4. The summed E-state index contributed by atoms with van der Waals surface area (Å²) in [5, 5.41) is 14.1. The molecule has 1 unspecified atom stereocenters. The second-order valence-electron chi connectivity index (χ2n) is 9.19. The van der Waals surface area contributed by atoms with Gasteiger partial charge in [-0.05, 0) is 88.4 Å². The van der Waals surface area contributed by atoms with Crippen LogP contribution >= 0.6 is 46.6 Å². The first-order valence-electron chi connectivity index (χ1n) is 13.1. The standard InChI is InChI=1S/C28H27F3IN7O2S2/c1-3-41-28(42)43-21(13-14-22-35-36-37-39(22)15-18-7-5-4-6-8-18)16-38(17(2)40)27-24(30)25(23(29)26(31)34-27)33-20-11-9-19(32)10-12-20/h4-12,21H,3,13-16H2,1-2H3,(H,33,34). The lowest BCUT2D eigenvalue weighted by Gasteiger charge is -2.27. The number of nitrogens with one attached hydrogen (secondary N) is 1. The Kier molecular flexibility index (Phi) is 11.7. The molecular formula is C28H27F3IN7O2S2. The van der Waals surface area contributed by atoms with Crippen LogP contribution in [0.4, 0.5) is 30.4 Å². The number of halogens is 4. The zero-order chi connectivity index (χ0) is 30.9. The molecule has 2 aromatic heterocycles. The Hall–Kier alpha value is -3.31. The number of pyridine rings is 1. The Morgan fingerprint density at radius 1 is 1.14 bits per heavy atom. The normalized spacial score (nSPS) is 11.7. The molecule has 0 saturated carbocycles. The average molecular weight is 742 g/mol. The summed E-state index contributed by atoms with van der Waals surface area (Å²) in [6.45, 7) is 3.63. The predicted octanol–water partition coefficient (Wildman–Crippen LogP) is 6.29. The first-order valence-corrected chi connectivity index (χ1v) is 15.5. The zero-order valence-corrected chi connectivity index (χ0v) is 26.9. The van der Waals surface area contributed by atoms with E-state index in [2.05, 4.69) is 48.4 Å². The van der Waals surface area contributed by atoms with Gasteiger partial charge in [-0.3, -0.25) is 9.69 Å². The smallest absolute Gasteiger partial charge is 0.253 e. The van der Waals surface area contributed by atoms with Crippen LogP contribution in [0.3, 0.4) is 0 Å². The molecule has 0 saturated heterocycles. The van der Waals surface area contributed by atoms with Crippen molar-refractivity contribution in [2.45, 2.75) is 38.5 Å². The fourth-order valence-electron chi connectivity index (χ4n) is 4.08. The van der Waals surface area contributed by atoms with Gasteiger partial charge in [-0.15, -0.1) is 5.10 Å². The molecule has 2 heterocycles. The van der Waals surface area contributed by atoms with Gasteiger partial charge in [-0.1, -0.05) is 42.1 Å². The van der Waals surface area contributed by atoms with Crippen molar-refractivity contribution in [1.29, 1.82) is 0 Å². The van der Waals surface area contributed by atoms with Crippen molar-refractivity contribution in [2.75, 3.05) is 23.4 Å². The van der Waals surface area contributed by atoms with Gasteiger partial charge in [0, 0.05) is 34.4 Å². The fraction of sp³-hybridized carbons (Fsp3) is 0.286. The topological polar surface area (TPSA) is 98.1 Å². The summed E-state index contributed by atoms with van der Waals surface area (Å²) in [6, 6.07) is 16.3. The van der Waals surface area contributed by atoms with E-state index in [4.69, 9.17) is 17.0 Å². The maximum absolute atomic E-state index is 15.8. The number of rotatable bonds is 12. The van der Waals surface area contributed by atoms with E-state index in [9.17, 15) is 13.6 Å². The van der Waals surface area contributed by atoms with E-state index in [-0.39, 0.29) is 10.9 Å². The first kappa shape index (κ1) is 32.6. The van der Waals surface area contributed by atoms with Crippen molar-refractivity contribution < 1.29 is 22.7 Å². The number of ether oxygens (including phenoxy) is 1. The van der Waals surface area contributed by atoms with E-state index in [1.54, 1.807) is 35.9 Å². The highest BCUT2D eigenvalue weighted by Crippen LogP contribution is 2.32. The highest BCUT2D eigenvalue weighted by molar-refractivity contribution is 14.1. The van der Waals surface area contributed by atoms with Gasteiger partial charge in [-0.2, -0.15) is 13.8 Å². The van der Waals surface area contributed by atoms with Gasteiger partial charge >= 0.3 is 0 Å². The van der Waals surface area contributed by atoms with E-state index >= 15 is 4.39 Å². The molecule has 0 aliphatic heterocycles. The first-order chi connectivity index (χ1) is 20.7. The summed E-state index contributed by atoms with van der Waals surface area (Å²) in [5.41, 5.74) is 0.578. The van der Waals surface area contributed by atoms with Crippen molar-refractivity contribution in [2.24, 2.45) is 0 Å². The zero-order valence-electron chi connectivity index (χ0n) is 23.1. The van der Waals surface area contributed by atoms with Crippen LogP contribution in [0, 0.1) is 21.2 Å². The van der Waals surface area contributed by atoms with Crippen LogP contribution in [0.5, 0.6) is 0 Å². The third kappa shape index (κ3) is 8.86. The number of carbonyl (C=O) groups is 1. The minimum absolute atomic E-state index is 0.134. The number of anilines is 3. The van der Waals surface area contributed by atoms with Gasteiger partial charge in [0.05, 0.1) is 13.2 Å². The van der Waals surface area contributed by atoms with Crippen molar-refractivity contribution in [1.82, 2.24) is 25.2 Å². The number of aromatic nitrogens is 5. The second-order valence-corrected chi connectivity index (χ2v) is 12.3. The Bertz CT molecular complexity index is 1560. The minimum atomic E-state index is -1.55. The SMILES string of the molecule is CCOC(=S)SC(CCc1nnnn1Cc1ccccc1)CN(C(C)=O)c1nc(F)c(F)c(Nc2ccc(I)cc2)c1F. The van der Waals surface area contributed by atoms with E-state index < -0.39 is 40.2 Å². The molecule has 1 atom stereocenters. The molecule has 0 aliphatic rings. The highest BCUT2D eigenvalue weighted by atomic mass is 127. The summed E-state index contributed by atoms with van der Waals surface area (Å²) >= 11 is 8.59. The van der Waals surface area contributed by atoms with E-state index in [0.29, 0.717) is 37.5 Å². The summed E-state index contributed by atoms with van der Waals surface area (Å²) in [5.74, 6) is -4.95. The van der Waals surface area contributed by atoms with Crippen molar-refractivity contribution in [3.8, 4) is 0 Å². The van der Waals surface area contributed by atoms with Crippen molar-refractivity contribution >= 4 is 74.1 Å². The monoisotopic (exact) mass is 741 g/mol. The Balaban J connectivity index is 1.59. The molecule has 15 heteroatoms. The van der Waals surface area contributed by atoms with E-state index in [1.165, 1.54) is 18.7 Å². The number of aryl methyl sites for hydroxylation is 1. The number of carbonyl (C=O) groups excluding carboxylic acids is 1. The van der Waals surface area contributed by atoms with Crippen molar-refractivity contribution in [3.05, 3.63) is 87.1 Å². The number of amides is 1. The van der Waals surface area contributed by atoms with Gasteiger partial charge in [0.2, 0.25) is 16.1 Å². The van der Waals surface area contributed by atoms with Crippen LogP contribution < -0.4 is 10.2 Å². The van der Waals surface area contributed by atoms with E-state index in [1.807, 2.05) is 30.3 Å². The van der Waals surface area contributed by atoms with Crippen molar-refractivity contribution in [3.63, 3.8) is 0 Å². The molecule has 4 aromatic rings. The number of thiocarbonyl (C=S) groups is 1. The minimum Gasteiger partial charge on any atom is -0.479 e. The van der Waals surface area contributed by atoms with E-state index in [0.717, 1.165) is 14.0 Å². The third-order valence-electron chi connectivity index (χ3n) is 6.15. The summed E-state index contributed by atoms with van der Waals surface area (Å²) in [6.07, 6.45) is 0.765. The molecule has 0 fully saturated rings. The van der Waals surface area contributed by atoms with Crippen LogP contribution in [-0.4, -0.2) is 53.9 Å². The number of thioether (sulfide) groups is 1. The molecule has 43 heavy (non-hydrogen) atoms. The molecule has 0 radical (unpaired) electrons. The summed E-state index contributed by atoms with van der Waals surface area (Å²) in [7, 11) is 0. The molecule has 2 aromatic carbocycles. The number of hydrogen-bond donors (Lipinski definition) is 1. The number of benzene rings is 2. The van der Waals surface area contributed by atoms with Gasteiger partial charge in [0.25, 0.3) is 5.95 Å². The Labute approximate surface area is 269 Å². The Morgan fingerprint density at radius 3 is 2.53 bits per heavy atom. The average Bonchev–Trinajstić information content (AvgIpc) is 3.42. The van der Waals surface area contributed by atoms with Crippen LogP contribution in [0.15, 0.2) is 54.6 Å². The van der Waals surface area contributed by atoms with Crippen LogP contribution in [0.1, 0.15) is 31.7 Å². The lowest BCUT2D eigenvalue weighted by Crippen LogP contribution is -2.37. The molecule has 1 N–H and O–H groups in total. The van der Waals surface area contributed by atoms with Gasteiger partial charge in [0.15, 0.2) is 17.5 Å².